The number of amides is 1. The number of benzene rings is 2. The molecule has 3 rings (SSSR count). The van der Waals surface area contributed by atoms with Crippen LogP contribution in [0.25, 0.3) is 0 Å². The van der Waals surface area contributed by atoms with Crippen molar-refractivity contribution in [1.82, 2.24) is 0 Å². The Morgan fingerprint density at radius 2 is 1.93 bits per heavy atom. The second-order valence-corrected chi connectivity index (χ2v) is 9.11. The number of rotatable bonds is 5. The zero-order valence-electron chi connectivity index (χ0n) is 14.5. The molecule has 0 spiro atoms. The van der Waals surface area contributed by atoms with E-state index < -0.39 is 26.9 Å². The zero-order valence-corrected chi connectivity index (χ0v) is 16.1. The Morgan fingerprint density at radius 3 is 2.56 bits per heavy atom. The minimum absolute atomic E-state index is 0.00794. The molecule has 1 aliphatic rings. The van der Waals surface area contributed by atoms with Crippen molar-refractivity contribution in [2.75, 3.05) is 17.2 Å². The number of halogens is 2. The molecule has 0 saturated carbocycles. The summed E-state index contributed by atoms with van der Waals surface area (Å²) in [6.07, 6.45) is 0.520. The van der Waals surface area contributed by atoms with Gasteiger partial charge in [-0.05, 0) is 49.2 Å². The third-order valence-corrected chi connectivity index (χ3v) is 6.50. The quantitative estimate of drug-likeness (QED) is 0.819. The molecule has 1 atom stereocenters. The van der Waals surface area contributed by atoms with Crippen molar-refractivity contribution < 1.29 is 22.0 Å². The number of carbonyl (C=O) groups is 1. The smallest absolute Gasteiger partial charge is 0.238 e. The molecule has 0 bridgehead atoms. The van der Waals surface area contributed by atoms with E-state index in [0.29, 0.717) is 18.7 Å². The molecule has 2 aromatic carbocycles. The van der Waals surface area contributed by atoms with Crippen molar-refractivity contribution in [3.05, 3.63) is 59.2 Å². The summed E-state index contributed by atoms with van der Waals surface area (Å²) in [4.78, 5) is 14.1. The maximum atomic E-state index is 13.8. The fourth-order valence-corrected chi connectivity index (χ4v) is 4.58. The van der Waals surface area contributed by atoms with E-state index >= 15 is 0 Å². The average molecular weight is 412 g/mol. The average Bonchev–Trinajstić information content (AvgIpc) is 3.02. The molecule has 0 saturated heterocycles. The molecule has 0 unspecified atom stereocenters. The van der Waals surface area contributed by atoms with E-state index in [1.165, 1.54) is 30.3 Å². The van der Waals surface area contributed by atoms with Gasteiger partial charge in [-0.1, -0.05) is 6.07 Å². The maximum Gasteiger partial charge on any atom is 0.238 e. The largest absolute Gasteiger partial charge is 0.311 e. The third kappa shape index (κ3) is 4.15. The molecule has 2 aromatic rings. The molecule has 9 heteroatoms. The monoisotopic (exact) mass is 412 g/mol. The molecular weight excluding hydrogens is 394 g/mol. The third-order valence-electron chi connectivity index (χ3n) is 4.44. The molecule has 0 aliphatic carbocycles. The van der Waals surface area contributed by atoms with Crippen molar-refractivity contribution in [2.45, 2.75) is 23.5 Å². The second-order valence-electron chi connectivity index (χ2n) is 6.22. The predicted octanol–water partition coefficient (Wildman–Crippen LogP) is 3.00. The number of carbonyl (C=O) groups excluding carboxylic acids is 1. The number of nitrogens with two attached hydrogens (primary N) is 1. The van der Waals surface area contributed by atoms with E-state index in [9.17, 15) is 22.0 Å². The van der Waals surface area contributed by atoms with Crippen LogP contribution < -0.4 is 10.0 Å². The summed E-state index contributed by atoms with van der Waals surface area (Å²) in [6.45, 7) is 2.07. The minimum Gasteiger partial charge on any atom is -0.311 e. The lowest BCUT2D eigenvalue weighted by Crippen LogP contribution is -2.30. The van der Waals surface area contributed by atoms with Crippen molar-refractivity contribution in [3.8, 4) is 0 Å². The molecule has 1 amide bonds. The van der Waals surface area contributed by atoms with Crippen LogP contribution in [0, 0.1) is 11.6 Å². The van der Waals surface area contributed by atoms with Crippen LogP contribution in [0.1, 0.15) is 23.3 Å². The van der Waals surface area contributed by atoms with Gasteiger partial charge in [0.2, 0.25) is 15.9 Å². The molecular formula is C18H18F2N2O3S2. The number of anilines is 1. The van der Waals surface area contributed by atoms with Crippen LogP contribution in [-0.4, -0.2) is 26.6 Å². The lowest BCUT2D eigenvalue weighted by molar-refractivity contribution is -0.116. The van der Waals surface area contributed by atoms with Gasteiger partial charge in [0, 0.05) is 23.0 Å². The topological polar surface area (TPSA) is 80.5 Å². The summed E-state index contributed by atoms with van der Waals surface area (Å²) in [6, 6.07) is 8.08. The van der Waals surface area contributed by atoms with E-state index in [0.717, 1.165) is 17.3 Å². The highest BCUT2D eigenvalue weighted by molar-refractivity contribution is 8.00. The van der Waals surface area contributed by atoms with Crippen LogP contribution in [0.2, 0.25) is 0 Å². The van der Waals surface area contributed by atoms with E-state index in [1.54, 1.807) is 17.9 Å². The van der Waals surface area contributed by atoms with Gasteiger partial charge in [0.1, 0.15) is 11.6 Å². The van der Waals surface area contributed by atoms with E-state index in [4.69, 9.17) is 5.14 Å². The van der Waals surface area contributed by atoms with Gasteiger partial charge in [-0.15, -0.1) is 11.8 Å². The van der Waals surface area contributed by atoms with Crippen LogP contribution in [0.4, 0.5) is 14.5 Å². The number of thioether (sulfide) groups is 1. The molecule has 0 aromatic heterocycles. The van der Waals surface area contributed by atoms with Gasteiger partial charge >= 0.3 is 0 Å². The van der Waals surface area contributed by atoms with Gasteiger partial charge in [0.25, 0.3) is 0 Å². The SMILES string of the molecule is C[C@H](SCC(=O)N1CCc2cc(S(N)(=O)=O)ccc21)c1c(F)cccc1F. The summed E-state index contributed by atoms with van der Waals surface area (Å²) in [7, 11) is -3.80. The Hall–Kier alpha value is -1.97. The van der Waals surface area contributed by atoms with Gasteiger partial charge < -0.3 is 4.90 Å². The fraction of sp³-hybridized carbons (Fsp3) is 0.278. The molecule has 0 radical (unpaired) electrons. The molecule has 144 valence electrons. The Bertz CT molecular complexity index is 976. The molecule has 0 fully saturated rings. The number of fused-ring (bicyclic) bond motifs is 1. The lowest BCUT2D eigenvalue weighted by atomic mass is 10.1. The summed E-state index contributed by atoms with van der Waals surface area (Å²) in [5.74, 6) is -1.43. The standard InChI is InChI=1S/C18H18F2N2O3S2/c1-11(18-14(19)3-2-4-15(18)20)26-10-17(23)22-8-7-12-9-13(27(21,24)25)5-6-16(12)22/h2-6,9,11H,7-8,10H2,1H3,(H2,21,24,25)/t11-/m0/s1. The first-order valence-electron chi connectivity index (χ1n) is 8.20. The van der Waals surface area contributed by atoms with Gasteiger partial charge in [0.05, 0.1) is 10.6 Å². The second kappa shape index (κ2) is 7.57. The first-order valence-corrected chi connectivity index (χ1v) is 10.8. The summed E-state index contributed by atoms with van der Waals surface area (Å²) >= 11 is 1.15. The molecule has 27 heavy (non-hydrogen) atoms. The van der Waals surface area contributed by atoms with E-state index in [-0.39, 0.29) is 22.1 Å². The summed E-state index contributed by atoms with van der Waals surface area (Å²) in [5.41, 5.74) is 1.32. The zero-order chi connectivity index (χ0) is 19.8. The predicted molar refractivity (Wildman–Crippen MR) is 101 cm³/mol. The number of hydrogen-bond donors (Lipinski definition) is 1. The number of nitrogens with zero attached hydrogens (tertiary/aromatic N) is 1. The van der Waals surface area contributed by atoms with Gasteiger partial charge in [0.15, 0.2) is 0 Å². The maximum absolute atomic E-state index is 13.8. The number of hydrogen-bond acceptors (Lipinski definition) is 4. The number of sulfonamides is 1. The molecule has 1 aliphatic heterocycles. The molecule has 5 nitrogen and oxygen atoms in total. The van der Waals surface area contributed by atoms with Crippen LogP contribution in [0.5, 0.6) is 0 Å². The summed E-state index contributed by atoms with van der Waals surface area (Å²) in [5, 5.41) is 4.61. The van der Waals surface area contributed by atoms with Crippen LogP contribution in [0.3, 0.4) is 0 Å². The van der Waals surface area contributed by atoms with Gasteiger partial charge in [-0.25, -0.2) is 22.3 Å². The van der Waals surface area contributed by atoms with E-state index in [1.807, 2.05) is 0 Å². The molecule has 2 N–H and O–H groups in total. The van der Waals surface area contributed by atoms with Crippen molar-refractivity contribution in [2.24, 2.45) is 5.14 Å². The fourth-order valence-electron chi connectivity index (χ4n) is 3.07. The number of primary sulfonamides is 1. The van der Waals surface area contributed by atoms with Gasteiger partial charge in [-0.2, -0.15) is 0 Å². The van der Waals surface area contributed by atoms with Crippen molar-refractivity contribution >= 4 is 33.4 Å². The highest BCUT2D eigenvalue weighted by Crippen LogP contribution is 2.34. The lowest BCUT2D eigenvalue weighted by Gasteiger charge is -2.19. The Morgan fingerprint density at radius 1 is 1.26 bits per heavy atom. The van der Waals surface area contributed by atoms with Gasteiger partial charge in [-0.3, -0.25) is 4.79 Å². The van der Waals surface area contributed by atoms with Crippen LogP contribution in [-0.2, 0) is 21.2 Å². The molecule has 1 heterocycles. The Labute approximate surface area is 160 Å². The highest BCUT2D eigenvalue weighted by Gasteiger charge is 2.27. The minimum atomic E-state index is -3.80. The van der Waals surface area contributed by atoms with Crippen LogP contribution in [0.15, 0.2) is 41.3 Å². The van der Waals surface area contributed by atoms with Crippen molar-refractivity contribution in [1.29, 1.82) is 0 Å². The van der Waals surface area contributed by atoms with Crippen molar-refractivity contribution in [3.63, 3.8) is 0 Å². The highest BCUT2D eigenvalue weighted by atomic mass is 32.2. The first-order chi connectivity index (χ1) is 12.7. The normalized spacial score (nSPS) is 14.9. The Balaban J connectivity index is 1.70. The van der Waals surface area contributed by atoms with E-state index in [2.05, 4.69) is 0 Å². The first kappa shape index (κ1) is 19.8. The summed E-state index contributed by atoms with van der Waals surface area (Å²) < 4.78 is 50.6. The van der Waals surface area contributed by atoms with Crippen LogP contribution >= 0.6 is 11.8 Å². The Kier molecular flexibility index (Phi) is 5.55.